The number of nitriles is 1. The number of anilines is 1. The molecular weight excluding hydrogens is 390 g/mol. The number of nitrogens with one attached hydrogen (secondary N) is 1. The van der Waals surface area contributed by atoms with Gasteiger partial charge in [-0.2, -0.15) is 5.26 Å². The number of rotatable bonds is 9. The molecule has 0 radical (unpaired) electrons. The van der Waals surface area contributed by atoms with Crippen molar-refractivity contribution in [1.29, 1.82) is 5.26 Å². The summed E-state index contributed by atoms with van der Waals surface area (Å²) in [5.41, 5.74) is 2.53. The van der Waals surface area contributed by atoms with Crippen molar-refractivity contribution in [2.45, 2.75) is 19.5 Å². The monoisotopic (exact) mass is 413 g/mol. The third kappa shape index (κ3) is 6.15. The molecule has 0 saturated heterocycles. The second-order valence-corrected chi connectivity index (χ2v) is 6.96. The molecule has 3 aromatic rings. The molecule has 0 unspecified atom stereocenters. The van der Waals surface area contributed by atoms with Gasteiger partial charge >= 0.3 is 0 Å². The average molecular weight is 413 g/mol. The van der Waals surface area contributed by atoms with E-state index in [4.69, 9.17) is 5.26 Å². The van der Waals surface area contributed by atoms with Crippen molar-refractivity contribution in [3.8, 4) is 6.07 Å². The molecule has 2 aromatic carbocycles. The number of hydrogen-bond donors (Lipinski definition) is 1. The number of aromatic nitrogens is 2. The Balaban J connectivity index is 1.66. The maximum absolute atomic E-state index is 13.1. The zero-order chi connectivity index (χ0) is 22.1. The van der Waals surface area contributed by atoms with Gasteiger partial charge in [0.2, 0.25) is 5.91 Å². The highest BCUT2D eigenvalue weighted by atomic mass is 16.2. The molecule has 7 heteroatoms. The third-order valence-electron chi connectivity index (χ3n) is 4.64. The van der Waals surface area contributed by atoms with Gasteiger partial charge in [-0.05, 0) is 35.9 Å². The number of benzene rings is 2. The van der Waals surface area contributed by atoms with Crippen LogP contribution in [0.2, 0.25) is 0 Å². The lowest BCUT2D eigenvalue weighted by atomic mass is 10.1. The lowest BCUT2D eigenvalue weighted by Crippen LogP contribution is -2.30. The van der Waals surface area contributed by atoms with E-state index in [1.807, 2.05) is 16.7 Å². The summed E-state index contributed by atoms with van der Waals surface area (Å²) < 4.78 is 1.83. The Morgan fingerprint density at radius 3 is 2.71 bits per heavy atom. The number of carbonyl (C=O) groups excluding carboxylic acids is 2. The molecule has 31 heavy (non-hydrogen) atoms. The maximum Gasteiger partial charge on any atom is 0.254 e. The van der Waals surface area contributed by atoms with Gasteiger partial charge in [-0.25, -0.2) is 4.98 Å². The largest absolute Gasteiger partial charge is 0.337 e. The van der Waals surface area contributed by atoms with Crippen molar-refractivity contribution >= 4 is 17.5 Å². The molecule has 2 amide bonds. The fourth-order valence-electron chi connectivity index (χ4n) is 3.07. The minimum atomic E-state index is -0.168. The smallest absolute Gasteiger partial charge is 0.254 e. The summed E-state index contributed by atoms with van der Waals surface area (Å²) in [6.07, 6.45) is 7.10. The van der Waals surface area contributed by atoms with Crippen molar-refractivity contribution in [1.82, 2.24) is 14.5 Å². The molecule has 0 fully saturated rings. The standard InChI is InChI=1S/C24H23N5O2/c1-2-12-29(17-20-8-6-19(16-25)7-9-20)24(31)21-4-3-5-22(15-21)27-23(30)10-13-28-14-11-26-18-28/h2-9,11,14-15,18H,1,10,12-13,17H2,(H,27,30). The number of hydrogen-bond acceptors (Lipinski definition) is 4. The number of nitrogens with zero attached hydrogens (tertiary/aromatic N) is 4. The fourth-order valence-corrected chi connectivity index (χ4v) is 3.07. The lowest BCUT2D eigenvalue weighted by molar-refractivity contribution is -0.116. The van der Waals surface area contributed by atoms with E-state index in [1.165, 1.54) is 0 Å². The van der Waals surface area contributed by atoms with Crippen molar-refractivity contribution in [2.24, 2.45) is 0 Å². The number of amides is 2. The van der Waals surface area contributed by atoms with Crippen LogP contribution in [0.25, 0.3) is 0 Å². The van der Waals surface area contributed by atoms with Crippen molar-refractivity contribution < 1.29 is 9.59 Å². The van der Waals surface area contributed by atoms with E-state index < -0.39 is 0 Å². The van der Waals surface area contributed by atoms with Crippen LogP contribution in [-0.4, -0.2) is 32.8 Å². The van der Waals surface area contributed by atoms with E-state index >= 15 is 0 Å². The SMILES string of the molecule is C=CCN(Cc1ccc(C#N)cc1)C(=O)c1cccc(NC(=O)CCn2ccnc2)c1. The predicted molar refractivity (Wildman–Crippen MR) is 118 cm³/mol. The van der Waals surface area contributed by atoms with Crippen LogP contribution in [0.4, 0.5) is 5.69 Å². The zero-order valence-electron chi connectivity index (χ0n) is 17.1. The quantitative estimate of drug-likeness (QED) is 0.543. The highest BCUT2D eigenvalue weighted by Gasteiger charge is 2.16. The van der Waals surface area contributed by atoms with Gasteiger partial charge in [0, 0.05) is 49.7 Å². The summed E-state index contributed by atoms with van der Waals surface area (Å²) >= 11 is 0. The second kappa shape index (κ2) is 10.6. The molecule has 0 aliphatic carbocycles. The molecule has 3 rings (SSSR count). The van der Waals surface area contributed by atoms with Gasteiger partial charge in [0.15, 0.2) is 0 Å². The molecular formula is C24H23N5O2. The molecule has 0 bridgehead atoms. The van der Waals surface area contributed by atoms with Crippen LogP contribution in [0.5, 0.6) is 0 Å². The Morgan fingerprint density at radius 1 is 1.23 bits per heavy atom. The van der Waals surface area contributed by atoms with Crippen LogP contribution in [-0.2, 0) is 17.9 Å². The first kappa shape index (κ1) is 21.5. The summed E-state index contributed by atoms with van der Waals surface area (Å²) in [4.78, 5) is 30.9. The van der Waals surface area contributed by atoms with Gasteiger partial charge in [-0.1, -0.05) is 24.3 Å². The van der Waals surface area contributed by atoms with E-state index in [-0.39, 0.29) is 11.8 Å². The molecule has 0 spiro atoms. The molecule has 1 heterocycles. The van der Waals surface area contributed by atoms with Crippen molar-refractivity contribution in [2.75, 3.05) is 11.9 Å². The Labute approximate surface area is 181 Å². The Morgan fingerprint density at radius 2 is 2.03 bits per heavy atom. The second-order valence-electron chi connectivity index (χ2n) is 6.96. The van der Waals surface area contributed by atoms with Crippen LogP contribution in [0.1, 0.15) is 27.9 Å². The van der Waals surface area contributed by atoms with Crippen molar-refractivity contribution in [3.63, 3.8) is 0 Å². The van der Waals surface area contributed by atoms with Gasteiger partial charge in [-0.15, -0.1) is 6.58 Å². The molecule has 1 N–H and O–H groups in total. The molecule has 0 aliphatic rings. The Bertz CT molecular complexity index is 1080. The summed E-state index contributed by atoms with van der Waals surface area (Å²) in [7, 11) is 0. The van der Waals surface area contributed by atoms with Gasteiger partial charge in [-0.3, -0.25) is 9.59 Å². The van der Waals surface area contributed by atoms with E-state index in [0.717, 1.165) is 5.56 Å². The predicted octanol–water partition coefficient (Wildman–Crippen LogP) is 3.61. The van der Waals surface area contributed by atoms with E-state index in [9.17, 15) is 9.59 Å². The van der Waals surface area contributed by atoms with Gasteiger partial charge in [0.05, 0.1) is 18.0 Å². The van der Waals surface area contributed by atoms with Gasteiger partial charge in [0.1, 0.15) is 0 Å². The highest BCUT2D eigenvalue weighted by Crippen LogP contribution is 2.16. The van der Waals surface area contributed by atoms with Crippen LogP contribution >= 0.6 is 0 Å². The minimum absolute atomic E-state index is 0.140. The lowest BCUT2D eigenvalue weighted by Gasteiger charge is -2.22. The zero-order valence-corrected chi connectivity index (χ0v) is 17.1. The first-order valence-corrected chi connectivity index (χ1v) is 9.84. The van der Waals surface area contributed by atoms with Crippen molar-refractivity contribution in [3.05, 3.63) is 96.6 Å². The molecule has 0 atom stereocenters. The van der Waals surface area contributed by atoms with E-state index in [0.29, 0.717) is 42.9 Å². The van der Waals surface area contributed by atoms with Gasteiger partial charge in [0.25, 0.3) is 5.91 Å². The normalized spacial score (nSPS) is 10.2. The molecule has 7 nitrogen and oxygen atoms in total. The molecule has 156 valence electrons. The number of carbonyl (C=O) groups is 2. The van der Waals surface area contributed by atoms with Crippen LogP contribution in [0, 0.1) is 11.3 Å². The first-order valence-electron chi connectivity index (χ1n) is 9.84. The van der Waals surface area contributed by atoms with Crippen LogP contribution in [0.3, 0.4) is 0 Å². The van der Waals surface area contributed by atoms with Gasteiger partial charge < -0.3 is 14.8 Å². The Hall–Kier alpha value is -4.18. The van der Waals surface area contributed by atoms with Crippen LogP contribution in [0.15, 0.2) is 79.9 Å². The first-order chi connectivity index (χ1) is 15.1. The number of aryl methyl sites for hydroxylation is 1. The molecule has 0 aliphatic heterocycles. The topological polar surface area (TPSA) is 91.0 Å². The van der Waals surface area contributed by atoms with E-state index in [2.05, 4.69) is 22.9 Å². The Kier molecular flexibility index (Phi) is 7.33. The summed E-state index contributed by atoms with van der Waals surface area (Å²) in [5, 5.41) is 11.8. The molecule has 1 aromatic heterocycles. The summed E-state index contributed by atoms with van der Waals surface area (Å²) in [5.74, 6) is -0.308. The van der Waals surface area contributed by atoms with E-state index in [1.54, 1.807) is 66.1 Å². The third-order valence-corrected chi connectivity index (χ3v) is 4.64. The summed E-state index contributed by atoms with van der Waals surface area (Å²) in [6.45, 7) is 5.04. The van der Waals surface area contributed by atoms with Crippen LogP contribution < -0.4 is 5.32 Å². The maximum atomic E-state index is 13.1. The average Bonchev–Trinajstić information content (AvgIpc) is 3.31. The number of imidazole rings is 1. The molecule has 0 saturated carbocycles. The highest BCUT2D eigenvalue weighted by molar-refractivity contribution is 5.97. The fraction of sp³-hybridized carbons (Fsp3) is 0.167. The minimum Gasteiger partial charge on any atom is -0.337 e. The summed E-state index contributed by atoms with van der Waals surface area (Å²) in [6, 6.07) is 16.1.